The highest BCUT2D eigenvalue weighted by molar-refractivity contribution is 5.52. The normalized spacial score (nSPS) is 23.1. The summed E-state index contributed by atoms with van der Waals surface area (Å²) in [4.78, 5) is 10.1. The fraction of sp³-hybridized carbons (Fsp3) is 0.500. The van der Waals surface area contributed by atoms with E-state index in [0.29, 0.717) is 0 Å². The first kappa shape index (κ1) is 10.5. The number of nitrogens with zero attached hydrogens (tertiary/aromatic N) is 1. The van der Waals surface area contributed by atoms with E-state index in [1.54, 1.807) is 6.07 Å². The van der Waals surface area contributed by atoms with Crippen molar-refractivity contribution in [3.63, 3.8) is 0 Å². The number of hydrogen-bond acceptors (Lipinski definition) is 4. The van der Waals surface area contributed by atoms with E-state index in [1.165, 1.54) is 12.1 Å². The van der Waals surface area contributed by atoms with Crippen molar-refractivity contribution in [1.82, 2.24) is 0 Å². The Balaban J connectivity index is 2.00. The standard InChI is InChI=1S/C12H14N2O3/c13-12(5-6-12)11(3-4-11)8-1-2-9(14(16)17)10(15)7-8/h1-2,7,15H,3-6,13H2. The molecule has 0 radical (unpaired) electrons. The van der Waals surface area contributed by atoms with Crippen LogP contribution in [-0.2, 0) is 5.41 Å². The predicted molar refractivity (Wildman–Crippen MR) is 61.8 cm³/mol. The molecule has 1 aromatic carbocycles. The van der Waals surface area contributed by atoms with Crippen molar-refractivity contribution < 1.29 is 10.0 Å². The molecule has 0 spiro atoms. The maximum atomic E-state index is 10.6. The lowest BCUT2D eigenvalue weighted by atomic mass is 9.86. The first-order chi connectivity index (χ1) is 7.98. The van der Waals surface area contributed by atoms with Gasteiger partial charge in [0.1, 0.15) is 0 Å². The van der Waals surface area contributed by atoms with Gasteiger partial charge in [-0.25, -0.2) is 0 Å². The molecular formula is C12H14N2O3. The van der Waals surface area contributed by atoms with Crippen molar-refractivity contribution >= 4 is 5.69 Å². The van der Waals surface area contributed by atoms with Gasteiger partial charge in [-0.05, 0) is 37.3 Å². The molecule has 1 aromatic rings. The summed E-state index contributed by atoms with van der Waals surface area (Å²) in [6, 6.07) is 4.62. The average molecular weight is 234 g/mol. The third-order valence-corrected chi connectivity index (χ3v) is 4.22. The Hall–Kier alpha value is -1.62. The molecule has 0 amide bonds. The maximum Gasteiger partial charge on any atom is 0.310 e. The molecule has 0 saturated heterocycles. The van der Waals surface area contributed by atoms with E-state index in [2.05, 4.69) is 0 Å². The van der Waals surface area contributed by atoms with Crippen LogP contribution in [0.15, 0.2) is 18.2 Å². The van der Waals surface area contributed by atoms with Crippen LogP contribution in [0.5, 0.6) is 5.75 Å². The van der Waals surface area contributed by atoms with E-state index in [1.807, 2.05) is 0 Å². The Labute approximate surface area is 98.4 Å². The second kappa shape index (κ2) is 2.98. The van der Waals surface area contributed by atoms with E-state index in [9.17, 15) is 15.2 Å². The van der Waals surface area contributed by atoms with Crippen molar-refractivity contribution in [3.8, 4) is 5.75 Å². The molecule has 2 aliphatic carbocycles. The van der Waals surface area contributed by atoms with Gasteiger partial charge < -0.3 is 10.8 Å². The number of benzene rings is 1. The Morgan fingerprint density at radius 3 is 2.35 bits per heavy atom. The lowest BCUT2D eigenvalue weighted by Gasteiger charge is -2.23. The number of nitro benzene ring substituents is 1. The van der Waals surface area contributed by atoms with Crippen LogP contribution in [0.1, 0.15) is 31.2 Å². The van der Waals surface area contributed by atoms with E-state index in [-0.39, 0.29) is 22.4 Å². The summed E-state index contributed by atoms with van der Waals surface area (Å²) in [6.07, 6.45) is 4.04. The van der Waals surface area contributed by atoms with Crippen molar-refractivity contribution in [1.29, 1.82) is 0 Å². The number of nitro groups is 1. The van der Waals surface area contributed by atoms with Crippen LogP contribution in [0.4, 0.5) is 5.69 Å². The van der Waals surface area contributed by atoms with E-state index in [4.69, 9.17) is 5.73 Å². The lowest BCUT2D eigenvalue weighted by molar-refractivity contribution is -0.385. The number of aromatic hydroxyl groups is 1. The fourth-order valence-corrected chi connectivity index (χ4v) is 2.79. The topological polar surface area (TPSA) is 89.4 Å². The zero-order chi connectivity index (χ0) is 12.3. The molecule has 3 rings (SSSR count). The maximum absolute atomic E-state index is 10.6. The van der Waals surface area contributed by atoms with Gasteiger partial charge in [0.15, 0.2) is 5.75 Å². The molecule has 0 aliphatic heterocycles. The van der Waals surface area contributed by atoms with Gasteiger partial charge in [0.05, 0.1) is 4.92 Å². The number of nitrogens with two attached hydrogens (primary N) is 1. The van der Waals surface area contributed by atoms with Gasteiger partial charge in [0.25, 0.3) is 0 Å². The molecule has 0 heterocycles. The highest BCUT2D eigenvalue weighted by atomic mass is 16.6. The van der Waals surface area contributed by atoms with E-state index >= 15 is 0 Å². The molecule has 0 atom stereocenters. The predicted octanol–water partition coefficient (Wildman–Crippen LogP) is 1.82. The van der Waals surface area contributed by atoms with Gasteiger partial charge in [0, 0.05) is 17.0 Å². The molecule has 0 aromatic heterocycles. The summed E-state index contributed by atoms with van der Waals surface area (Å²) in [5.74, 6) is -0.261. The minimum Gasteiger partial charge on any atom is -0.502 e. The van der Waals surface area contributed by atoms with Crippen LogP contribution in [0.25, 0.3) is 0 Å². The molecule has 2 aliphatic rings. The largest absolute Gasteiger partial charge is 0.502 e. The van der Waals surface area contributed by atoms with Crippen molar-refractivity contribution in [2.75, 3.05) is 0 Å². The van der Waals surface area contributed by atoms with Crippen LogP contribution in [0.3, 0.4) is 0 Å². The van der Waals surface area contributed by atoms with Crippen LogP contribution in [0.2, 0.25) is 0 Å². The van der Waals surface area contributed by atoms with Gasteiger partial charge in [-0.1, -0.05) is 6.07 Å². The average Bonchev–Trinajstić information content (AvgIpc) is 3.12. The third kappa shape index (κ3) is 1.35. The Kier molecular flexibility index (Phi) is 1.85. The molecule has 3 N–H and O–H groups in total. The molecule has 0 bridgehead atoms. The monoisotopic (exact) mass is 234 g/mol. The zero-order valence-corrected chi connectivity index (χ0v) is 9.35. The van der Waals surface area contributed by atoms with Gasteiger partial charge in [-0.15, -0.1) is 0 Å². The highest BCUT2D eigenvalue weighted by Crippen LogP contribution is 2.64. The number of phenolic OH excluding ortho intramolecular Hbond substituents is 1. The van der Waals surface area contributed by atoms with Crippen LogP contribution in [-0.4, -0.2) is 15.6 Å². The lowest BCUT2D eigenvalue weighted by Crippen LogP contribution is -2.37. The number of hydrogen-bond donors (Lipinski definition) is 2. The highest BCUT2D eigenvalue weighted by Gasteiger charge is 2.64. The molecule has 17 heavy (non-hydrogen) atoms. The van der Waals surface area contributed by atoms with Gasteiger partial charge in [-0.3, -0.25) is 10.1 Å². The molecular weight excluding hydrogens is 220 g/mol. The number of phenols is 1. The third-order valence-electron chi connectivity index (χ3n) is 4.22. The van der Waals surface area contributed by atoms with E-state index < -0.39 is 4.92 Å². The minimum atomic E-state index is -0.575. The zero-order valence-electron chi connectivity index (χ0n) is 9.35. The van der Waals surface area contributed by atoms with Crippen molar-refractivity contribution in [2.45, 2.75) is 36.6 Å². The minimum absolute atomic E-state index is 0.0421. The Morgan fingerprint density at radius 1 is 1.29 bits per heavy atom. The Bertz CT molecular complexity index is 504. The quantitative estimate of drug-likeness (QED) is 0.616. The first-order valence-corrected chi connectivity index (χ1v) is 5.75. The summed E-state index contributed by atoms with van der Waals surface area (Å²) in [6.45, 7) is 0. The van der Waals surface area contributed by atoms with Crippen molar-refractivity contribution in [3.05, 3.63) is 33.9 Å². The van der Waals surface area contributed by atoms with Crippen molar-refractivity contribution in [2.24, 2.45) is 5.73 Å². The van der Waals surface area contributed by atoms with Gasteiger partial charge >= 0.3 is 5.69 Å². The SMILES string of the molecule is NC1(C2(c3ccc([N+](=O)[O-])c(O)c3)CC2)CC1. The van der Waals surface area contributed by atoms with Gasteiger partial charge in [-0.2, -0.15) is 0 Å². The van der Waals surface area contributed by atoms with E-state index in [0.717, 1.165) is 31.2 Å². The molecule has 90 valence electrons. The Morgan fingerprint density at radius 2 is 1.94 bits per heavy atom. The smallest absolute Gasteiger partial charge is 0.310 e. The van der Waals surface area contributed by atoms with Gasteiger partial charge in [0.2, 0.25) is 0 Å². The summed E-state index contributed by atoms with van der Waals surface area (Å²) >= 11 is 0. The molecule has 0 unspecified atom stereocenters. The van der Waals surface area contributed by atoms with Crippen LogP contribution in [0, 0.1) is 10.1 Å². The summed E-state index contributed by atoms with van der Waals surface area (Å²) in [5, 5.41) is 20.3. The molecule has 2 saturated carbocycles. The first-order valence-electron chi connectivity index (χ1n) is 5.75. The molecule has 2 fully saturated rings. The number of rotatable bonds is 3. The second-order valence-corrected chi connectivity index (χ2v) is 5.20. The summed E-state index contributed by atoms with van der Waals surface area (Å²) < 4.78 is 0. The summed E-state index contributed by atoms with van der Waals surface area (Å²) in [7, 11) is 0. The second-order valence-electron chi connectivity index (χ2n) is 5.20. The van der Waals surface area contributed by atoms with Crippen LogP contribution < -0.4 is 5.73 Å². The fourth-order valence-electron chi connectivity index (χ4n) is 2.79. The molecule has 5 nitrogen and oxygen atoms in total. The van der Waals surface area contributed by atoms with Crippen LogP contribution >= 0.6 is 0 Å². The summed E-state index contributed by atoms with van der Waals surface area (Å²) in [5.41, 5.74) is 6.77. The molecule has 5 heteroatoms.